The average molecular weight is 357 g/mol. The normalized spacial score (nSPS) is 16.2. The molecule has 2 N–H and O–H groups in total. The number of amides is 1. The van der Waals surface area contributed by atoms with Crippen LogP contribution in [0.25, 0.3) is 11.0 Å². The first kappa shape index (κ1) is 15.8. The van der Waals surface area contributed by atoms with Crippen LogP contribution in [0.4, 0.5) is 11.4 Å². The van der Waals surface area contributed by atoms with Gasteiger partial charge in [-0.3, -0.25) is 4.79 Å². The van der Waals surface area contributed by atoms with Gasteiger partial charge in [0.1, 0.15) is 11.3 Å². The first-order valence-corrected chi connectivity index (χ1v) is 8.49. The van der Waals surface area contributed by atoms with Crippen molar-refractivity contribution in [3.63, 3.8) is 0 Å². The molecule has 1 atom stereocenters. The van der Waals surface area contributed by atoms with Crippen molar-refractivity contribution in [2.45, 2.75) is 5.92 Å². The van der Waals surface area contributed by atoms with Crippen LogP contribution in [-0.4, -0.2) is 25.4 Å². The van der Waals surface area contributed by atoms with E-state index in [2.05, 4.69) is 0 Å². The molecular weight excluding hydrogens is 340 g/mol. The van der Waals surface area contributed by atoms with Gasteiger partial charge >= 0.3 is 0 Å². The van der Waals surface area contributed by atoms with Crippen molar-refractivity contribution in [1.29, 1.82) is 0 Å². The van der Waals surface area contributed by atoms with Gasteiger partial charge in [-0.25, -0.2) is 0 Å². The summed E-state index contributed by atoms with van der Waals surface area (Å²) in [5, 5.41) is 0.823. The first-order chi connectivity index (χ1) is 12.1. The summed E-state index contributed by atoms with van der Waals surface area (Å²) >= 11 is 6.08. The second-order valence-corrected chi connectivity index (χ2v) is 6.41. The summed E-state index contributed by atoms with van der Waals surface area (Å²) < 4.78 is 11.0. The number of hydrogen-bond donors (Lipinski definition) is 1. The van der Waals surface area contributed by atoms with Crippen LogP contribution in [0.3, 0.4) is 0 Å². The lowest BCUT2D eigenvalue weighted by Gasteiger charge is -2.16. The van der Waals surface area contributed by atoms with Crippen LogP contribution < -0.4 is 15.4 Å². The van der Waals surface area contributed by atoms with Crippen molar-refractivity contribution in [2.75, 3.05) is 30.2 Å². The maximum atomic E-state index is 13.0. The summed E-state index contributed by atoms with van der Waals surface area (Å²) in [6.45, 7) is 0.515. The van der Waals surface area contributed by atoms with E-state index < -0.39 is 0 Å². The van der Waals surface area contributed by atoms with E-state index >= 15 is 0 Å². The zero-order chi connectivity index (χ0) is 17.6. The number of halogens is 1. The minimum atomic E-state index is -0.199. The van der Waals surface area contributed by atoms with Gasteiger partial charge in [-0.15, -0.1) is 11.6 Å². The number of ether oxygens (including phenoxy) is 1. The average Bonchev–Trinajstić information content (AvgIpc) is 3.21. The first-order valence-electron chi connectivity index (χ1n) is 7.95. The van der Waals surface area contributed by atoms with Crippen LogP contribution in [0.15, 0.2) is 46.9 Å². The van der Waals surface area contributed by atoms with Crippen LogP contribution in [0.1, 0.15) is 22.0 Å². The molecule has 4 rings (SSSR count). The number of rotatable bonds is 3. The Labute approximate surface area is 149 Å². The van der Waals surface area contributed by atoms with E-state index in [1.54, 1.807) is 30.2 Å². The highest BCUT2D eigenvalue weighted by atomic mass is 35.5. The zero-order valence-corrected chi connectivity index (χ0v) is 14.4. The summed E-state index contributed by atoms with van der Waals surface area (Å²) in [5.41, 5.74) is 9.00. The predicted molar refractivity (Wildman–Crippen MR) is 98.8 cm³/mol. The number of nitrogens with zero attached hydrogens (tertiary/aromatic N) is 1. The third-order valence-electron chi connectivity index (χ3n) is 4.55. The lowest BCUT2D eigenvalue weighted by atomic mass is 10.0. The van der Waals surface area contributed by atoms with Crippen molar-refractivity contribution in [3.05, 3.63) is 53.8 Å². The highest BCUT2D eigenvalue weighted by Crippen LogP contribution is 2.39. The monoisotopic (exact) mass is 356 g/mol. The number of carbonyl (C=O) groups is 1. The molecule has 0 aliphatic carbocycles. The molecule has 3 aromatic rings. The van der Waals surface area contributed by atoms with Gasteiger partial charge in [0.25, 0.3) is 5.91 Å². The molecule has 2 heterocycles. The van der Waals surface area contributed by atoms with Gasteiger partial charge in [0.2, 0.25) is 0 Å². The molecule has 0 bridgehead atoms. The van der Waals surface area contributed by atoms with E-state index in [-0.39, 0.29) is 17.6 Å². The molecule has 0 saturated carbocycles. The van der Waals surface area contributed by atoms with E-state index in [1.807, 2.05) is 24.3 Å². The highest BCUT2D eigenvalue weighted by Gasteiger charge is 2.33. The quantitative estimate of drug-likeness (QED) is 0.568. The van der Waals surface area contributed by atoms with Gasteiger partial charge in [0, 0.05) is 35.1 Å². The molecule has 0 spiro atoms. The highest BCUT2D eigenvalue weighted by molar-refractivity contribution is 6.19. The fourth-order valence-corrected chi connectivity index (χ4v) is 3.53. The Balaban J connectivity index is 1.73. The molecule has 0 saturated heterocycles. The summed E-state index contributed by atoms with van der Waals surface area (Å²) in [7, 11) is 1.60. The zero-order valence-electron chi connectivity index (χ0n) is 13.7. The second kappa shape index (κ2) is 6.01. The lowest BCUT2D eigenvalue weighted by molar-refractivity contribution is 0.0964. The Morgan fingerprint density at radius 3 is 2.92 bits per heavy atom. The van der Waals surface area contributed by atoms with E-state index in [1.165, 1.54) is 0 Å². The molecule has 1 amide bonds. The fraction of sp³-hybridized carbons (Fsp3) is 0.211. The minimum Gasteiger partial charge on any atom is -0.497 e. The number of nitrogen functional groups attached to an aromatic ring is 1. The second-order valence-electron chi connectivity index (χ2n) is 6.10. The van der Waals surface area contributed by atoms with Crippen molar-refractivity contribution >= 4 is 39.9 Å². The van der Waals surface area contributed by atoms with Crippen LogP contribution >= 0.6 is 11.6 Å². The molecule has 0 radical (unpaired) electrons. The topological polar surface area (TPSA) is 68.7 Å². The van der Waals surface area contributed by atoms with Gasteiger partial charge in [0.05, 0.1) is 7.11 Å². The van der Waals surface area contributed by atoms with Gasteiger partial charge in [-0.05, 0) is 42.0 Å². The molecule has 5 nitrogen and oxygen atoms in total. The van der Waals surface area contributed by atoms with E-state index in [9.17, 15) is 4.79 Å². The molecule has 25 heavy (non-hydrogen) atoms. The Morgan fingerprint density at radius 1 is 1.32 bits per heavy atom. The van der Waals surface area contributed by atoms with Crippen molar-refractivity contribution in [1.82, 2.24) is 0 Å². The Kier molecular flexibility index (Phi) is 3.81. The molecule has 128 valence electrons. The molecule has 6 heteroatoms. The molecule has 0 unspecified atom stereocenters. The van der Waals surface area contributed by atoms with Crippen molar-refractivity contribution in [3.8, 4) is 5.75 Å². The van der Waals surface area contributed by atoms with Gasteiger partial charge in [0.15, 0.2) is 5.76 Å². The van der Waals surface area contributed by atoms with Gasteiger partial charge in [-0.1, -0.05) is 6.07 Å². The Hall–Kier alpha value is -2.66. The van der Waals surface area contributed by atoms with Gasteiger partial charge in [-0.2, -0.15) is 0 Å². The summed E-state index contributed by atoms with van der Waals surface area (Å²) in [6.07, 6.45) is 0. The number of hydrogen-bond acceptors (Lipinski definition) is 4. The maximum absolute atomic E-state index is 13.0. The third-order valence-corrected chi connectivity index (χ3v) is 4.93. The number of alkyl halides is 1. The Morgan fingerprint density at radius 2 is 2.16 bits per heavy atom. The van der Waals surface area contributed by atoms with Crippen LogP contribution in [0, 0.1) is 0 Å². The number of fused-ring (bicyclic) bond motifs is 2. The lowest BCUT2D eigenvalue weighted by Crippen LogP contribution is -2.29. The number of furan rings is 1. The summed E-state index contributed by atoms with van der Waals surface area (Å²) in [4.78, 5) is 14.7. The number of methoxy groups -OCH3 is 1. The number of carbonyl (C=O) groups excluding carboxylic acids is 1. The van der Waals surface area contributed by atoms with E-state index in [4.69, 9.17) is 26.5 Å². The molecule has 2 aromatic carbocycles. The summed E-state index contributed by atoms with van der Waals surface area (Å²) in [5.74, 6) is 1.33. The molecule has 1 aliphatic heterocycles. The van der Waals surface area contributed by atoms with E-state index in [0.717, 1.165) is 16.6 Å². The van der Waals surface area contributed by atoms with Crippen LogP contribution in [-0.2, 0) is 0 Å². The van der Waals surface area contributed by atoms with Crippen molar-refractivity contribution in [2.24, 2.45) is 0 Å². The number of nitrogens with two attached hydrogens (primary N) is 1. The number of benzene rings is 2. The molecule has 0 fully saturated rings. The van der Waals surface area contributed by atoms with Crippen molar-refractivity contribution < 1.29 is 13.9 Å². The maximum Gasteiger partial charge on any atom is 0.294 e. The molecular formula is C19H17ClN2O3. The third kappa shape index (κ3) is 2.61. The SMILES string of the molecule is COc1ccc2oc(C(=O)N3C[C@@H](CCl)c4ccc(N)cc43)cc2c1. The van der Waals surface area contributed by atoms with Crippen LogP contribution in [0.5, 0.6) is 5.75 Å². The smallest absolute Gasteiger partial charge is 0.294 e. The largest absolute Gasteiger partial charge is 0.497 e. The Bertz CT molecular complexity index is 966. The van der Waals surface area contributed by atoms with E-state index in [0.29, 0.717) is 29.4 Å². The number of anilines is 2. The predicted octanol–water partition coefficient (Wildman–Crippen LogP) is 4.01. The standard InChI is InChI=1S/C19H17ClN2O3/c1-24-14-3-5-17-11(6-14)7-18(25-17)19(23)22-10-12(9-20)15-4-2-13(21)8-16(15)22/h2-8,12H,9-10,21H2,1H3/t12-/m1/s1. The minimum absolute atomic E-state index is 0.0886. The van der Waals surface area contributed by atoms with Crippen LogP contribution in [0.2, 0.25) is 0 Å². The fourth-order valence-electron chi connectivity index (χ4n) is 3.27. The molecule has 1 aliphatic rings. The molecule has 1 aromatic heterocycles. The summed E-state index contributed by atoms with van der Waals surface area (Å²) in [6, 6.07) is 12.8. The van der Waals surface area contributed by atoms with Gasteiger partial charge < -0.3 is 19.8 Å².